The highest BCUT2D eigenvalue weighted by Crippen LogP contribution is 2.28. The molecule has 1 fully saturated rings. The van der Waals surface area contributed by atoms with Gasteiger partial charge in [-0.05, 0) is 37.5 Å². The SMILES string of the molecule is CC(NC(=O)C1(N)CCCC1)c1cccc(OC(F)F)c1.Cl. The number of alkyl halides is 2. The number of nitrogens with one attached hydrogen (secondary N) is 1. The maximum atomic E-state index is 12.2. The average molecular weight is 335 g/mol. The Bertz CT molecular complexity index is 508. The molecule has 0 saturated heterocycles. The topological polar surface area (TPSA) is 64.4 Å². The van der Waals surface area contributed by atoms with Gasteiger partial charge >= 0.3 is 6.61 Å². The molecule has 2 rings (SSSR count). The summed E-state index contributed by atoms with van der Waals surface area (Å²) in [5.41, 5.74) is 5.99. The van der Waals surface area contributed by atoms with Crippen molar-refractivity contribution in [2.45, 2.75) is 50.8 Å². The first-order chi connectivity index (χ1) is 9.90. The number of halogens is 3. The van der Waals surface area contributed by atoms with Crippen LogP contribution in [0.4, 0.5) is 8.78 Å². The number of nitrogens with two attached hydrogens (primary N) is 1. The van der Waals surface area contributed by atoms with E-state index < -0.39 is 12.2 Å². The van der Waals surface area contributed by atoms with Gasteiger partial charge in [-0.25, -0.2) is 0 Å². The summed E-state index contributed by atoms with van der Waals surface area (Å²) in [7, 11) is 0. The molecule has 1 amide bonds. The van der Waals surface area contributed by atoms with Crippen LogP contribution in [0.5, 0.6) is 5.75 Å². The van der Waals surface area contributed by atoms with E-state index >= 15 is 0 Å². The zero-order chi connectivity index (χ0) is 15.5. The van der Waals surface area contributed by atoms with Crippen molar-refractivity contribution >= 4 is 18.3 Å². The fourth-order valence-corrected chi connectivity index (χ4v) is 2.62. The predicted octanol–water partition coefficient (Wildman–Crippen LogP) is 3.16. The quantitative estimate of drug-likeness (QED) is 0.869. The second kappa shape index (κ2) is 7.74. The molecule has 1 unspecified atom stereocenters. The fraction of sp³-hybridized carbons (Fsp3) is 0.533. The van der Waals surface area contributed by atoms with Crippen LogP contribution in [-0.4, -0.2) is 18.1 Å². The summed E-state index contributed by atoms with van der Waals surface area (Å²) in [6, 6.07) is 5.99. The van der Waals surface area contributed by atoms with E-state index in [1.54, 1.807) is 19.1 Å². The molecule has 0 bridgehead atoms. The molecule has 1 aromatic carbocycles. The van der Waals surface area contributed by atoms with E-state index in [2.05, 4.69) is 10.1 Å². The van der Waals surface area contributed by atoms with Crippen LogP contribution in [0.1, 0.15) is 44.2 Å². The van der Waals surface area contributed by atoms with Gasteiger partial charge in [0.1, 0.15) is 5.75 Å². The van der Waals surface area contributed by atoms with E-state index in [4.69, 9.17) is 5.73 Å². The number of carbonyl (C=O) groups is 1. The normalized spacial score (nSPS) is 17.7. The summed E-state index contributed by atoms with van der Waals surface area (Å²) in [5.74, 6) is -0.111. The zero-order valence-corrected chi connectivity index (χ0v) is 13.2. The lowest BCUT2D eigenvalue weighted by Crippen LogP contribution is -2.52. The van der Waals surface area contributed by atoms with E-state index in [-0.39, 0.29) is 30.1 Å². The number of rotatable bonds is 5. The molecule has 4 nitrogen and oxygen atoms in total. The number of ether oxygens (including phenoxy) is 1. The Balaban J connectivity index is 0.00000242. The van der Waals surface area contributed by atoms with Crippen molar-refractivity contribution in [2.75, 3.05) is 0 Å². The Labute approximate surface area is 134 Å². The minimum atomic E-state index is -2.86. The van der Waals surface area contributed by atoms with Gasteiger partial charge in [0.05, 0.1) is 11.6 Å². The fourth-order valence-electron chi connectivity index (χ4n) is 2.62. The van der Waals surface area contributed by atoms with Crippen LogP contribution in [-0.2, 0) is 4.79 Å². The van der Waals surface area contributed by atoms with Crippen LogP contribution in [0.15, 0.2) is 24.3 Å². The minimum Gasteiger partial charge on any atom is -0.435 e. The molecule has 0 spiro atoms. The van der Waals surface area contributed by atoms with E-state index in [9.17, 15) is 13.6 Å². The van der Waals surface area contributed by atoms with Crippen molar-refractivity contribution in [2.24, 2.45) is 5.73 Å². The first kappa shape index (κ1) is 18.6. The second-order valence-corrected chi connectivity index (χ2v) is 5.51. The standard InChI is InChI=1S/C15H20F2N2O2.ClH/c1-10(19-13(20)15(18)7-2-3-8-15)11-5-4-6-12(9-11)21-14(16)17;/h4-6,9-10,14H,2-3,7-8,18H2,1H3,(H,19,20);1H. The van der Waals surface area contributed by atoms with Crippen molar-refractivity contribution in [3.05, 3.63) is 29.8 Å². The molecule has 1 aliphatic rings. The lowest BCUT2D eigenvalue weighted by Gasteiger charge is -2.25. The highest BCUT2D eigenvalue weighted by Gasteiger charge is 2.37. The van der Waals surface area contributed by atoms with Crippen LogP contribution in [0.2, 0.25) is 0 Å². The monoisotopic (exact) mass is 334 g/mol. The third-order valence-electron chi connectivity index (χ3n) is 3.88. The van der Waals surface area contributed by atoms with Gasteiger partial charge in [-0.3, -0.25) is 4.79 Å². The number of amides is 1. The van der Waals surface area contributed by atoms with Gasteiger partial charge in [0.2, 0.25) is 5.91 Å². The summed E-state index contributed by atoms with van der Waals surface area (Å²) >= 11 is 0. The average Bonchev–Trinajstić information content (AvgIpc) is 2.86. The molecular weight excluding hydrogens is 314 g/mol. The molecule has 3 N–H and O–H groups in total. The van der Waals surface area contributed by atoms with Crippen molar-refractivity contribution in [3.63, 3.8) is 0 Å². The van der Waals surface area contributed by atoms with Crippen LogP contribution in [0.3, 0.4) is 0 Å². The molecule has 1 atom stereocenters. The largest absolute Gasteiger partial charge is 0.435 e. The summed E-state index contributed by atoms with van der Waals surface area (Å²) in [6.45, 7) is -1.08. The lowest BCUT2D eigenvalue weighted by atomic mass is 9.97. The maximum absolute atomic E-state index is 12.2. The van der Waals surface area contributed by atoms with Gasteiger partial charge < -0.3 is 15.8 Å². The van der Waals surface area contributed by atoms with Gasteiger partial charge in [0.25, 0.3) is 0 Å². The van der Waals surface area contributed by atoms with Crippen molar-refractivity contribution in [1.29, 1.82) is 0 Å². The third-order valence-corrected chi connectivity index (χ3v) is 3.88. The Kier molecular flexibility index (Phi) is 6.56. The summed E-state index contributed by atoms with van der Waals surface area (Å²) in [6.07, 6.45) is 3.27. The lowest BCUT2D eigenvalue weighted by molar-refractivity contribution is -0.126. The number of hydrogen-bond acceptors (Lipinski definition) is 3. The van der Waals surface area contributed by atoms with E-state index in [0.717, 1.165) is 12.8 Å². The highest BCUT2D eigenvalue weighted by molar-refractivity contribution is 5.86. The summed E-state index contributed by atoms with van der Waals surface area (Å²) in [4.78, 5) is 12.2. The predicted molar refractivity (Wildman–Crippen MR) is 82.3 cm³/mol. The summed E-state index contributed by atoms with van der Waals surface area (Å²) < 4.78 is 28.8. The molecule has 1 aromatic rings. The smallest absolute Gasteiger partial charge is 0.387 e. The molecule has 7 heteroatoms. The van der Waals surface area contributed by atoms with Crippen LogP contribution in [0, 0.1) is 0 Å². The van der Waals surface area contributed by atoms with Gasteiger partial charge in [-0.15, -0.1) is 12.4 Å². The third kappa shape index (κ3) is 4.55. The zero-order valence-electron chi connectivity index (χ0n) is 12.4. The highest BCUT2D eigenvalue weighted by atomic mass is 35.5. The van der Waals surface area contributed by atoms with Crippen LogP contribution < -0.4 is 15.8 Å². The van der Waals surface area contributed by atoms with Crippen LogP contribution >= 0.6 is 12.4 Å². The molecule has 0 aliphatic heterocycles. The van der Waals surface area contributed by atoms with E-state index in [1.165, 1.54) is 12.1 Å². The number of benzene rings is 1. The number of carbonyl (C=O) groups excluding carboxylic acids is 1. The van der Waals surface area contributed by atoms with Crippen molar-refractivity contribution in [1.82, 2.24) is 5.32 Å². The molecule has 1 saturated carbocycles. The summed E-state index contributed by atoms with van der Waals surface area (Å²) in [5, 5.41) is 2.85. The first-order valence-electron chi connectivity index (χ1n) is 7.05. The molecule has 124 valence electrons. The van der Waals surface area contributed by atoms with Gasteiger partial charge in [-0.2, -0.15) is 8.78 Å². The van der Waals surface area contributed by atoms with Gasteiger partial charge in [0.15, 0.2) is 0 Å². The van der Waals surface area contributed by atoms with Gasteiger partial charge in [0, 0.05) is 0 Å². The minimum absolute atomic E-state index is 0. The Morgan fingerprint density at radius 1 is 1.36 bits per heavy atom. The number of hydrogen-bond donors (Lipinski definition) is 2. The molecule has 22 heavy (non-hydrogen) atoms. The first-order valence-corrected chi connectivity index (χ1v) is 7.05. The van der Waals surface area contributed by atoms with Crippen molar-refractivity contribution < 1.29 is 18.3 Å². The Morgan fingerprint density at radius 3 is 2.59 bits per heavy atom. The molecule has 0 radical (unpaired) electrons. The van der Waals surface area contributed by atoms with Crippen molar-refractivity contribution in [3.8, 4) is 5.75 Å². The van der Waals surface area contributed by atoms with Crippen LogP contribution in [0.25, 0.3) is 0 Å². The molecule has 0 aromatic heterocycles. The second-order valence-electron chi connectivity index (χ2n) is 5.51. The van der Waals surface area contributed by atoms with E-state index in [1.807, 2.05) is 0 Å². The van der Waals surface area contributed by atoms with Gasteiger partial charge in [-0.1, -0.05) is 25.0 Å². The maximum Gasteiger partial charge on any atom is 0.387 e. The molecule has 1 aliphatic carbocycles. The Morgan fingerprint density at radius 2 is 2.00 bits per heavy atom. The molecular formula is C15H21ClF2N2O2. The van der Waals surface area contributed by atoms with E-state index in [0.29, 0.717) is 18.4 Å². The Hall–Kier alpha value is -1.40. The molecule has 0 heterocycles.